The Hall–Kier alpha value is -0.410. The SMILES string of the molecule is CC(=O)[C@@H]1O[C@@H]2COC(C2C)C1C. The van der Waals surface area contributed by atoms with E-state index in [9.17, 15) is 4.79 Å². The molecule has 0 aromatic rings. The van der Waals surface area contributed by atoms with Gasteiger partial charge in [-0.1, -0.05) is 13.8 Å². The molecular weight excluding hydrogens is 168 g/mol. The van der Waals surface area contributed by atoms with Crippen LogP contribution in [0.4, 0.5) is 0 Å². The largest absolute Gasteiger partial charge is 0.375 e. The van der Waals surface area contributed by atoms with Crippen molar-refractivity contribution in [3.63, 3.8) is 0 Å². The lowest BCUT2D eigenvalue weighted by atomic mass is 9.84. The zero-order valence-electron chi connectivity index (χ0n) is 8.32. The number of ketones is 1. The summed E-state index contributed by atoms with van der Waals surface area (Å²) in [6, 6.07) is 0. The quantitative estimate of drug-likeness (QED) is 0.610. The van der Waals surface area contributed by atoms with E-state index in [1.54, 1.807) is 6.92 Å². The number of hydrogen-bond donors (Lipinski definition) is 0. The van der Waals surface area contributed by atoms with Crippen molar-refractivity contribution in [1.29, 1.82) is 0 Å². The maximum absolute atomic E-state index is 11.3. The van der Waals surface area contributed by atoms with Crippen molar-refractivity contribution in [2.45, 2.75) is 39.1 Å². The monoisotopic (exact) mass is 184 g/mol. The number of carbonyl (C=O) groups is 1. The van der Waals surface area contributed by atoms with Crippen LogP contribution in [0.2, 0.25) is 0 Å². The minimum Gasteiger partial charge on any atom is -0.375 e. The van der Waals surface area contributed by atoms with Crippen LogP contribution in [0.1, 0.15) is 20.8 Å². The van der Waals surface area contributed by atoms with Gasteiger partial charge in [0.2, 0.25) is 0 Å². The predicted molar refractivity (Wildman–Crippen MR) is 47.4 cm³/mol. The van der Waals surface area contributed by atoms with Crippen LogP contribution < -0.4 is 0 Å². The molecule has 2 saturated heterocycles. The van der Waals surface area contributed by atoms with Gasteiger partial charge in [0.15, 0.2) is 5.78 Å². The molecule has 2 heterocycles. The number of Topliss-reactive ketones (excluding diaryl/α,β-unsaturated/α-hetero) is 1. The Labute approximate surface area is 78.4 Å². The Morgan fingerprint density at radius 2 is 2.00 bits per heavy atom. The van der Waals surface area contributed by atoms with Gasteiger partial charge in [0.25, 0.3) is 0 Å². The minimum absolute atomic E-state index is 0.125. The van der Waals surface area contributed by atoms with Gasteiger partial charge in [-0.05, 0) is 6.92 Å². The molecule has 0 radical (unpaired) electrons. The van der Waals surface area contributed by atoms with Gasteiger partial charge < -0.3 is 9.47 Å². The Morgan fingerprint density at radius 1 is 1.31 bits per heavy atom. The molecule has 5 atom stereocenters. The number of fused-ring (bicyclic) bond motifs is 2. The smallest absolute Gasteiger partial charge is 0.158 e. The molecule has 0 aromatic heterocycles. The lowest BCUT2D eigenvalue weighted by Crippen LogP contribution is -2.46. The lowest BCUT2D eigenvalue weighted by Gasteiger charge is -2.35. The Morgan fingerprint density at radius 3 is 2.62 bits per heavy atom. The van der Waals surface area contributed by atoms with Crippen molar-refractivity contribution in [2.75, 3.05) is 6.61 Å². The van der Waals surface area contributed by atoms with Gasteiger partial charge in [0.1, 0.15) is 6.10 Å². The maximum atomic E-state index is 11.3. The van der Waals surface area contributed by atoms with Crippen molar-refractivity contribution in [3.8, 4) is 0 Å². The van der Waals surface area contributed by atoms with E-state index in [1.807, 2.05) is 6.92 Å². The fourth-order valence-corrected chi connectivity index (χ4v) is 2.47. The summed E-state index contributed by atoms with van der Waals surface area (Å²) in [6.07, 6.45) is 0.108. The van der Waals surface area contributed by atoms with Crippen LogP contribution in [0.3, 0.4) is 0 Å². The van der Waals surface area contributed by atoms with Crippen LogP contribution >= 0.6 is 0 Å². The average molecular weight is 184 g/mol. The molecule has 0 N–H and O–H groups in total. The summed E-state index contributed by atoms with van der Waals surface area (Å²) in [7, 11) is 0. The van der Waals surface area contributed by atoms with Gasteiger partial charge in [-0.25, -0.2) is 0 Å². The first kappa shape index (κ1) is 9.16. The second-order valence-electron chi connectivity index (χ2n) is 4.22. The van der Waals surface area contributed by atoms with E-state index >= 15 is 0 Å². The zero-order valence-corrected chi connectivity index (χ0v) is 8.32. The maximum Gasteiger partial charge on any atom is 0.158 e. The van der Waals surface area contributed by atoms with Crippen molar-refractivity contribution in [1.82, 2.24) is 0 Å². The highest BCUT2D eigenvalue weighted by Gasteiger charge is 2.48. The number of carbonyl (C=O) groups excluding carboxylic acids is 1. The molecule has 0 amide bonds. The first-order valence-electron chi connectivity index (χ1n) is 4.88. The van der Waals surface area contributed by atoms with Gasteiger partial charge in [-0.3, -0.25) is 4.79 Å². The van der Waals surface area contributed by atoms with E-state index in [2.05, 4.69) is 6.92 Å². The fourth-order valence-electron chi connectivity index (χ4n) is 2.47. The summed E-state index contributed by atoms with van der Waals surface area (Å²) >= 11 is 0. The highest BCUT2D eigenvalue weighted by molar-refractivity contribution is 5.81. The third kappa shape index (κ3) is 1.30. The van der Waals surface area contributed by atoms with E-state index < -0.39 is 0 Å². The molecule has 0 spiro atoms. The molecule has 3 heteroatoms. The van der Waals surface area contributed by atoms with E-state index in [-0.39, 0.29) is 30.0 Å². The van der Waals surface area contributed by atoms with E-state index in [0.717, 1.165) is 0 Å². The average Bonchev–Trinajstić information content (AvgIpc) is 2.29. The van der Waals surface area contributed by atoms with Crippen LogP contribution in [-0.4, -0.2) is 30.7 Å². The van der Waals surface area contributed by atoms with Crippen LogP contribution in [0.15, 0.2) is 0 Å². The summed E-state index contributed by atoms with van der Waals surface area (Å²) in [5.41, 5.74) is 0. The molecule has 74 valence electrons. The Kier molecular flexibility index (Phi) is 2.16. The number of hydrogen-bond acceptors (Lipinski definition) is 3. The molecule has 2 rings (SSSR count). The van der Waals surface area contributed by atoms with E-state index in [0.29, 0.717) is 12.5 Å². The van der Waals surface area contributed by atoms with Crippen molar-refractivity contribution >= 4 is 5.78 Å². The topological polar surface area (TPSA) is 35.5 Å². The van der Waals surface area contributed by atoms with Gasteiger partial charge in [-0.15, -0.1) is 0 Å². The molecule has 3 unspecified atom stereocenters. The predicted octanol–water partition coefficient (Wildman–Crippen LogP) is 1.01. The fraction of sp³-hybridized carbons (Fsp3) is 0.900. The van der Waals surface area contributed by atoms with Gasteiger partial charge >= 0.3 is 0 Å². The van der Waals surface area contributed by atoms with Crippen molar-refractivity contribution < 1.29 is 14.3 Å². The van der Waals surface area contributed by atoms with Crippen LogP contribution in [0, 0.1) is 11.8 Å². The van der Waals surface area contributed by atoms with E-state index in [1.165, 1.54) is 0 Å². The highest BCUT2D eigenvalue weighted by atomic mass is 16.6. The third-order valence-corrected chi connectivity index (χ3v) is 3.28. The summed E-state index contributed by atoms with van der Waals surface area (Å²) in [5.74, 6) is 0.761. The molecule has 0 aromatic carbocycles. The first-order valence-corrected chi connectivity index (χ1v) is 4.88. The normalized spacial score (nSPS) is 49.3. The van der Waals surface area contributed by atoms with Crippen molar-refractivity contribution in [2.24, 2.45) is 11.8 Å². The molecule has 0 saturated carbocycles. The summed E-state index contributed by atoms with van der Waals surface area (Å²) in [5, 5.41) is 0. The van der Waals surface area contributed by atoms with Crippen LogP contribution in [0.5, 0.6) is 0 Å². The van der Waals surface area contributed by atoms with Crippen LogP contribution in [0.25, 0.3) is 0 Å². The number of rotatable bonds is 1. The van der Waals surface area contributed by atoms with Crippen LogP contribution in [-0.2, 0) is 14.3 Å². The Balaban J connectivity index is 2.17. The van der Waals surface area contributed by atoms with E-state index in [4.69, 9.17) is 9.47 Å². The molecule has 2 aliphatic rings. The summed E-state index contributed by atoms with van der Waals surface area (Å²) < 4.78 is 11.3. The second-order valence-corrected chi connectivity index (χ2v) is 4.22. The molecule has 3 nitrogen and oxygen atoms in total. The Bertz CT molecular complexity index is 226. The second kappa shape index (κ2) is 3.07. The van der Waals surface area contributed by atoms with Gasteiger partial charge in [0.05, 0.1) is 18.8 Å². The van der Waals surface area contributed by atoms with Gasteiger partial charge in [-0.2, -0.15) is 0 Å². The number of ether oxygens (including phenoxy) is 2. The van der Waals surface area contributed by atoms with Gasteiger partial charge in [0, 0.05) is 11.8 Å². The lowest BCUT2D eigenvalue weighted by molar-refractivity contribution is -0.146. The zero-order chi connectivity index (χ0) is 9.59. The summed E-state index contributed by atoms with van der Waals surface area (Å²) in [6.45, 7) is 6.42. The molecule has 2 bridgehead atoms. The third-order valence-electron chi connectivity index (χ3n) is 3.28. The standard InChI is InChI=1S/C10H16O3/c1-5-8-4-12-9(5)6(2)10(13-8)7(3)11/h5-6,8-10H,4H2,1-3H3/t5?,6?,8-,9?,10-/m1/s1. The minimum atomic E-state index is -0.242. The first-order chi connectivity index (χ1) is 6.11. The summed E-state index contributed by atoms with van der Waals surface area (Å²) in [4.78, 5) is 11.3. The van der Waals surface area contributed by atoms with Crippen molar-refractivity contribution in [3.05, 3.63) is 0 Å². The molecular formula is C10H16O3. The molecule has 13 heavy (non-hydrogen) atoms. The molecule has 2 fully saturated rings. The highest BCUT2D eigenvalue weighted by Crippen LogP contribution is 2.37. The molecule has 2 aliphatic heterocycles. The molecule has 0 aliphatic carbocycles.